The molecule has 1 fully saturated rings. The lowest BCUT2D eigenvalue weighted by molar-refractivity contribution is -0.00803. The molecule has 0 amide bonds. The highest BCUT2D eigenvalue weighted by atomic mass is 32.2. The predicted molar refractivity (Wildman–Crippen MR) is 88.1 cm³/mol. The lowest BCUT2D eigenvalue weighted by Crippen LogP contribution is -2.55. The lowest BCUT2D eigenvalue weighted by Gasteiger charge is -2.40. The normalized spacial score (nSPS) is 17.2. The van der Waals surface area contributed by atoms with Gasteiger partial charge in [0.25, 0.3) is 0 Å². The molecule has 23 heavy (non-hydrogen) atoms. The number of morpholine rings is 1. The number of rotatable bonds is 6. The molecule has 1 heterocycles. The van der Waals surface area contributed by atoms with Crippen LogP contribution in [0.25, 0.3) is 0 Å². The molecule has 0 unspecified atom stereocenters. The monoisotopic (exact) mass is 340 g/mol. The van der Waals surface area contributed by atoms with E-state index in [1.165, 1.54) is 31.2 Å². The number of ketones is 1. The first-order valence-corrected chi connectivity index (χ1v) is 9.14. The van der Waals surface area contributed by atoms with E-state index in [9.17, 15) is 13.2 Å². The molecular formula is C16H24N2O4S. The van der Waals surface area contributed by atoms with E-state index in [0.717, 1.165) is 13.1 Å². The van der Waals surface area contributed by atoms with Crippen molar-refractivity contribution in [2.75, 3.05) is 32.8 Å². The van der Waals surface area contributed by atoms with Crippen LogP contribution < -0.4 is 4.72 Å². The molecule has 6 nitrogen and oxygen atoms in total. The minimum absolute atomic E-state index is 0.0876. The first-order chi connectivity index (χ1) is 10.7. The number of sulfonamides is 1. The van der Waals surface area contributed by atoms with Gasteiger partial charge >= 0.3 is 0 Å². The SMILES string of the molecule is CC(=O)c1ccc(S(=O)(=O)NCC(C)(C)N2CCOCC2)cc1. The molecule has 0 saturated carbocycles. The predicted octanol–water partition coefficient (Wildman–Crippen LogP) is 1.28. The topological polar surface area (TPSA) is 75.7 Å². The molecule has 1 N–H and O–H groups in total. The quantitative estimate of drug-likeness (QED) is 0.790. The second kappa shape index (κ2) is 7.09. The highest BCUT2D eigenvalue weighted by molar-refractivity contribution is 7.89. The standard InChI is InChI=1S/C16H24N2O4S/c1-13(19)14-4-6-15(7-5-14)23(20,21)17-12-16(2,3)18-8-10-22-11-9-18/h4-7,17H,8-12H2,1-3H3. The third kappa shape index (κ3) is 4.60. The van der Waals surface area contributed by atoms with Crippen molar-refractivity contribution in [1.29, 1.82) is 0 Å². The van der Waals surface area contributed by atoms with Gasteiger partial charge in [-0.15, -0.1) is 0 Å². The van der Waals surface area contributed by atoms with Crippen LogP contribution in [0, 0.1) is 0 Å². The van der Waals surface area contributed by atoms with Gasteiger partial charge < -0.3 is 4.74 Å². The van der Waals surface area contributed by atoms with Crippen LogP contribution >= 0.6 is 0 Å². The highest BCUT2D eigenvalue weighted by Gasteiger charge is 2.30. The van der Waals surface area contributed by atoms with Crippen LogP contribution in [0.4, 0.5) is 0 Å². The Bertz CT molecular complexity index is 647. The fourth-order valence-electron chi connectivity index (χ4n) is 2.50. The van der Waals surface area contributed by atoms with Crippen LogP contribution in [0.3, 0.4) is 0 Å². The van der Waals surface area contributed by atoms with Crippen molar-refractivity contribution >= 4 is 15.8 Å². The van der Waals surface area contributed by atoms with E-state index in [0.29, 0.717) is 25.3 Å². The van der Waals surface area contributed by atoms with Gasteiger partial charge in [-0.3, -0.25) is 9.69 Å². The summed E-state index contributed by atoms with van der Waals surface area (Å²) < 4.78 is 32.8. The number of hydrogen-bond donors (Lipinski definition) is 1. The van der Waals surface area contributed by atoms with E-state index in [2.05, 4.69) is 9.62 Å². The van der Waals surface area contributed by atoms with E-state index in [4.69, 9.17) is 4.74 Å². The molecule has 0 bridgehead atoms. The summed E-state index contributed by atoms with van der Waals surface area (Å²) >= 11 is 0. The Labute approximate surface area is 137 Å². The number of ether oxygens (including phenoxy) is 1. The Hall–Kier alpha value is -1.28. The molecule has 1 aromatic carbocycles. The van der Waals surface area contributed by atoms with E-state index in [1.54, 1.807) is 0 Å². The van der Waals surface area contributed by atoms with Crippen molar-refractivity contribution in [3.05, 3.63) is 29.8 Å². The number of carbonyl (C=O) groups is 1. The Morgan fingerprint density at radius 2 is 1.78 bits per heavy atom. The number of carbonyl (C=O) groups excluding carboxylic acids is 1. The zero-order valence-electron chi connectivity index (χ0n) is 13.8. The molecule has 0 aliphatic carbocycles. The van der Waals surface area contributed by atoms with Gasteiger partial charge in [-0.25, -0.2) is 13.1 Å². The summed E-state index contributed by atoms with van der Waals surface area (Å²) in [5.74, 6) is -0.0876. The maximum Gasteiger partial charge on any atom is 0.240 e. The number of Topliss-reactive ketones (excluding diaryl/α,β-unsaturated/α-hetero) is 1. The summed E-state index contributed by atoms with van der Waals surface area (Å²) in [4.78, 5) is 13.6. The van der Waals surface area contributed by atoms with Gasteiger partial charge in [0.05, 0.1) is 18.1 Å². The summed E-state index contributed by atoms with van der Waals surface area (Å²) in [7, 11) is -3.59. The lowest BCUT2D eigenvalue weighted by atomic mass is 10.0. The van der Waals surface area contributed by atoms with Crippen molar-refractivity contribution in [1.82, 2.24) is 9.62 Å². The minimum atomic E-state index is -3.59. The summed E-state index contributed by atoms with van der Waals surface area (Å²) in [5, 5.41) is 0. The summed E-state index contributed by atoms with van der Waals surface area (Å²) in [6, 6.07) is 5.98. The second-order valence-electron chi connectivity index (χ2n) is 6.32. The smallest absolute Gasteiger partial charge is 0.240 e. The third-order valence-electron chi connectivity index (χ3n) is 4.13. The number of hydrogen-bond acceptors (Lipinski definition) is 5. The van der Waals surface area contributed by atoms with Gasteiger partial charge in [-0.1, -0.05) is 12.1 Å². The molecule has 1 aromatic rings. The minimum Gasteiger partial charge on any atom is -0.379 e. The van der Waals surface area contributed by atoms with Crippen molar-refractivity contribution in [3.8, 4) is 0 Å². The largest absolute Gasteiger partial charge is 0.379 e. The zero-order valence-corrected chi connectivity index (χ0v) is 14.6. The van der Waals surface area contributed by atoms with Crippen molar-refractivity contribution < 1.29 is 17.9 Å². The second-order valence-corrected chi connectivity index (χ2v) is 8.08. The van der Waals surface area contributed by atoms with Crippen LogP contribution in [0.5, 0.6) is 0 Å². The van der Waals surface area contributed by atoms with Gasteiger partial charge in [-0.05, 0) is 32.9 Å². The highest BCUT2D eigenvalue weighted by Crippen LogP contribution is 2.17. The Morgan fingerprint density at radius 1 is 1.22 bits per heavy atom. The van der Waals surface area contributed by atoms with Crippen LogP contribution in [0.2, 0.25) is 0 Å². The van der Waals surface area contributed by atoms with Crippen molar-refractivity contribution in [2.24, 2.45) is 0 Å². The van der Waals surface area contributed by atoms with Crippen LogP contribution in [-0.4, -0.2) is 57.5 Å². The molecule has 128 valence electrons. The van der Waals surface area contributed by atoms with E-state index < -0.39 is 10.0 Å². The van der Waals surface area contributed by atoms with Crippen LogP contribution in [-0.2, 0) is 14.8 Å². The Morgan fingerprint density at radius 3 is 2.30 bits per heavy atom. The molecule has 2 rings (SSSR count). The van der Waals surface area contributed by atoms with Gasteiger partial charge in [0, 0.05) is 30.7 Å². The van der Waals surface area contributed by atoms with Gasteiger partial charge in [0.2, 0.25) is 10.0 Å². The molecule has 7 heteroatoms. The first-order valence-electron chi connectivity index (χ1n) is 7.66. The number of nitrogens with zero attached hydrogens (tertiary/aromatic N) is 1. The van der Waals surface area contributed by atoms with Gasteiger partial charge in [0.1, 0.15) is 0 Å². The van der Waals surface area contributed by atoms with Gasteiger partial charge in [0.15, 0.2) is 5.78 Å². The first kappa shape index (κ1) is 18.1. The maximum atomic E-state index is 12.4. The molecule has 0 spiro atoms. The van der Waals surface area contributed by atoms with E-state index in [-0.39, 0.29) is 16.2 Å². The van der Waals surface area contributed by atoms with Crippen molar-refractivity contribution in [3.63, 3.8) is 0 Å². The number of nitrogens with one attached hydrogen (secondary N) is 1. The van der Waals surface area contributed by atoms with E-state index >= 15 is 0 Å². The molecule has 0 atom stereocenters. The number of benzene rings is 1. The fourth-order valence-corrected chi connectivity index (χ4v) is 3.71. The maximum absolute atomic E-state index is 12.4. The summed E-state index contributed by atoms with van der Waals surface area (Å²) in [5.41, 5.74) is 0.202. The van der Waals surface area contributed by atoms with Crippen molar-refractivity contribution in [2.45, 2.75) is 31.2 Å². The molecule has 1 aliphatic rings. The van der Waals surface area contributed by atoms with Crippen LogP contribution in [0.1, 0.15) is 31.1 Å². The molecule has 0 radical (unpaired) electrons. The average molecular weight is 340 g/mol. The molecule has 1 saturated heterocycles. The van der Waals surface area contributed by atoms with Crippen LogP contribution in [0.15, 0.2) is 29.2 Å². The molecule has 1 aliphatic heterocycles. The summed E-state index contributed by atoms with van der Waals surface area (Å²) in [6.07, 6.45) is 0. The summed E-state index contributed by atoms with van der Waals surface area (Å²) in [6.45, 7) is 8.71. The van der Waals surface area contributed by atoms with E-state index in [1.807, 2.05) is 13.8 Å². The molecule has 0 aromatic heterocycles. The van der Waals surface area contributed by atoms with Gasteiger partial charge in [-0.2, -0.15) is 0 Å². The average Bonchev–Trinajstić information content (AvgIpc) is 2.54. The molecular weight excluding hydrogens is 316 g/mol. The third-order valence-corrected chi connectivity index (χ3v) is 5.55. The fraction of sp³-hybridized carbons (Fsp3) is 0.562. The Kier molecular flexibility index (Phi) is 5.57. The zero-order chi connectivity index (χ0) is 17.1. The Balaban J connectivity index is 2.04.